The van der Waals surface area contributed by atoms with E-state index in [9.17, 15) is 21.6 Å². The highest BCUT2D eigenvalue weighted by Crippen LogP contribution is 2.97. The fourth-order valence-corrected chi connectivity index (χ4v) is 26.6. The fourth-order valence-electron chi connectivity index (χ4n) is 24.7. The molecule has 0 aromatic heterocycles. The largest absolute Gasteiger partial charge is 0.496 e. The van der Waals surface area contributed by atoms with Gasteiger partial charge in [0.25, 0.3) is 20.2 Å². The Morgan fingerprint density at radius 1 is 0.500 bits per heavy atom. The second-order valence-corrected chi connectivity index (χ2v) is 31.4. The number of hydrogen-bond acceptors (Lipinski definition) is 9. The summed E-state index contributed by atoms with van der Waals surface area (Å²) >= 11 is 0. The van der Waals surface area contributed by atoms with Gasteiger partial charge in [-0.15, -0.1) is 0 Å². The van der Waals surface area contributed by atoms with E-state index in [1.54, 1.807) is 66.6 Å². The highest BCUT2D eigenvalue weighted by Gasteiger charge is 2.91. The van der Waals surface area contributed by atoms with Gasteiger partial charge >= 0.3 is 0 Å². The van der Waals surface area contributed by atoms with Gasteiger partial charge in [0.15, 0.2) is 0 Å². The number of anilines is 1. The van der Waals surface area contributed by atoms with Gasteiger partial charge in [0.1, 0.15) is 11.5 Å². The fraction of sp³-hybridized carbons (Fsp3) is 0.561. The number of carbonyl (C=O) groups is 1. The Balaban J connectivity index is 0.713. The van der Waals surface area contributed by atoms with Crippen LogP contribution in [0.4, 0.5) is 5.69 Å². The topological polar surface area (TPSA) is 134 Å². The van der Waals surface area contributed by atoms with Gasteiger partial charge in [0.05, 0.1) is 37.2 Å². The molecule has 0 radical (unpaired) electrons. The van der Waals surface area contributed by atoms with Crippen molar-refractivity contribution in [2.75, 3.05) is 32.8 Å². The zero-order valence-electron chi connectivity index (χ0n) is 46.1. The summed E-state index contributed by atoms with van der Waals surface area (Å²) in [6, 6.07) is 25.5. The molecular weight excluding hydrogens is 1010 g/mol. The predicted molar refractivity (Wildman–Crippen MR) is 296 cm³/mol. The number of nitrogens with one attached hydrogen (secondary N) is 1. The van der Waals surface area contributed by atoms with Crippen LogP contribution in [-0.2, 0) is 33.4 Å². The van der Waals surface area contributed by atoms with Crippen LogP contribution in [0.25, 0.3) is 10.8 Å². The van der Waals surface area contributed by atoms with Crippen molar-refractivity contribution in [1.82, 2.24) is 0 Å². The third-order valence-corrected chi connectivity index (χ3v) is 29.3. The molecular formula is C66H71NO9S2. The molecule has 0 saturated heterocycles. The van der Waals surface area contributed by atoms with Crippen molar-refractivity contribution >= 4 is 42.6 Å². The molecule has 78 heavy (non-hydrogen) atoms. The molecule has 12 aliphatic rings. The van der Waals surface area contributed by atoms with Crippen molar-refractivity contribution in [2.45, 2.75) is 119 Å². The van der Waals surface area contributed by atoms with Crippen LogP contribution in [0.5, 0.6) is 11.5 Å². The summed E-state index contributed by atoms with van der Waals surface area (Å²) in [6.45, 7) is 15.9. The van der Waals surface area contributed by atoms with Crippen LogP contribution < -0.4 is 14.8 Å². The van der Waals surface area contributed by atoms with Gasteiger partial charge in [-0.1, -0.05) is 69.2 Å². The quantitative estimate of drug-likeness (QED) is 0.101. The molecule has 0 spiro atoms. The average molecular weight is 1090 g/mol. The van der Waals surface area contributed by atoms with Crippen molar-refractivity contribution in [3.8, 4) is 11.5 Å². The normalized spacial score (nSPS) is 43.7. The Kier molecular flexibility index (Phi) is 9.13. The van der Waals surface area contributed by atoms with Crippen molar-refractivity contribution in [1.29, 1.82) is 0 Å². The van der Waals surface area contributed by atoms with Crippen molar-refractivity contribution in [3.05, 3.63) is 123 Å². The van der Waals surface area contributed by atoms with E-state index >= 15 is 0 Å². The van der Waals surface area contributed by atoms with E-state index in [-0.39, 0.29) is 68.8 Å². The number of hydrogen-bond donors (Lipinski definition) is 1. The molecule has 12 heteroatoms. The van der Waals surface area contributed by atoms with Gasteiger partial charge in [-0.2, -0.15) is 16.8 Å². The van der Waals surface area contributed by atoms with E-state index in [1.807, 2.05) is 28.1 Å². The minimum Gasteiger partial charge on any atom is -0.496 e. The van der Waals surface area contributed by atoms with E-state index in [1.165, 1.54) is 45.9 Å². The lowest BCUT2D eigenvalue weighted by molar-refractivity contribution is -0.371. The molecule has 9 fully saturated rings. The summed E-state index contributed by atoms with van der Waals surface area (Å²) in [5.74, 6) is 9.29. The first-order chi connectivity index (χ1) is 37.2. The van der Waals surface area contributed by atoms with Crippen LogP contribution in [0.15, 0.2) is 88.7 Å². The lowest BCUT2D eigenvalue weighted by atomic mass is 9.19. The minimum atomic E-state index is -4.07. The van der Waals surface area contributed by atoms with Crippen molar-refractivity contribution < 1.29 is 39.5 Å². The van der Waals surface area contributed by atoms with E-state index in [0.29, 0.717) is 88.3 Å². The monoisotopic (exact) mass is 1090 g/mol. The van der Waals surface area contributed by atoms with Gasteiger partial charge in [-0.3, -0.25) is 13.2 Å². The highest BCUT2D eigenvalue weighted by atomic mass is 32.2. The molecule has 0 aliphatic heterocycles. The van der Waals surface area contributed by atoms with Crippen LogP contribution in [0, 0.1) is 107 Å². The Bertz CT molecular complexity index is 3800. The van der Waals surface area contributed by atoms with Gasteiger partial charge < -0.3 is 14.8 Å². The van der Waals surface area contributed by atoms with Crippen LogP contribution in [0.1, 0.15) is 140 Å². The lowest BCUT2D eigenvalue weighted by Crippen LogP contribution is -2.81. The number of ether oxygens (including phenoxy) is 2. The molecule has 5 aromatic carbocycles. The third kappa shape index (κ3) is 5.11. The number of benzene rings is 5. The first kappa shape index (κ1) is 48.0. The van der Waals surface area contributed by atoms with Crippen molar-refractivity contribution in [2.24, 2.45) is 92.7 Å². The SMILES string of the molecule is COc1c2c(c(OC)c3cc4c(cc13)[C@@H]1C[C@H]4C3C1[C@@]1(C)C4C([C@H]5C[C@@H]4c4cc(NC(C)=O)ccc45)[C@@]31C)[C@@H]1C[C@H]2C2C1[C@@]1(C)C3C([C@H]4C[C@@H]3[C@H](COS(=O)(=O)c3ccc(C)cc3)[C@@H]4COS(=O)(=O)c3ccc(C)cc3)[C@@]21C. The predicted octanol–water partition coefficient (Wildman–Crippen LogP) is 12.6. The molecule has 0 heterocycles. The summed E-state index contributed by atoms with van der Waals surface area (Å²) < 4.78 is 81.0. The Hall–Kier alpha value is -4.75. The minimum absolute atomic E-state index is 0.00366. The molecule has 9 saturated carbocycles. The first-order valence-corrected chi connectivity index (χ1v) is 32.1. The Morgan fingerprint density at radius 2 is 0.872 bits per heavy atom. The van der Waals surface area contributed by atoms with E-state index in [0.717, 1.165) is 41.2 Å². The molecule has 8 bridgehead atoms. The average Bonchev–Trinajstić information content (AvgIpc) is 2.17. The summed E-state index contributed by atoms with van der Waals surface area (Å²) in [5.41, 5.74) is 12.3. The maximum Gasteiger partial charge on any atom is 0.296 e. The number of methoxy groups -OCH3 is 2. The third-order valence-electron chi connectivity index (χ3n) is 26.7. The molecule has 8 unspecified atom stereocenters. The second kappa shape index (κ2) is 14.8. The molecule has 5 aromatic rings. The zero-order chi connectivity index (χ0) is 53.6. The summed E-state index contributed by atoms with van der Waals surface area (Å²) in [5, 5.41) is 5.49. The number of aryl methyl sites for hydroxylation is 2. The van der Waals surface area contributed by atoms with Crippen molar-refractivity contribution in [3.63, 3.8) is 0 Å². The van der Waals surface area contributed by atoms with Crippen LogP contribution >= 0.6 is 0 Å². The lowest BCUT2D eigenvalue weighted by Gasteiger charge is -2.84. The Labute approximate surface area is 459 Å². The second-order valence-electron chi connectivity index (χ2n) is 28.1. The van der Waals surface area contributed by atoms with E-state index < -0.39 is 20.2 Å². The molecule has 10 nitrogen and oxygen atoms in total. The van der Waals surface area contributed by atoms with Gasteiger partial charge in [0, 0.05) is 34.5 Å². The first-order valence-electron chi connectivity index (χ1n) is 29.3. The zero-order valence-corrected chi connectivity index (χ0v) is 47.8. The molecule has 12 aliphatic carbocycles. The van der Waals surface area contributed by atoms with E-state index in [2.05, 4.69) is 63.3 Å². The van der Waals surface area contributed by atoms with Crippen LogP contribution in [0.3, 0.4) is 0 Å². The summed E-state index contributed by atoms with van der Waals surface area (Å²) in [7, 11) is -4.36. The molecule has 1 amide bonds. The molecule has 406 valence electrons. The number of fused-ring (bicyclic) bond motifs is 40. The van der Waals surface area contributed by atoms with Crippen LogP contribution in [0.2, 0.25) is 0 Å². The standard InChI is InChI=1S/C66H71NO9S2/c1-29-10-15-33(16-11-29)77(69,70)75-27-49-43-25-44(50(49)28-76-78(71,72)34-17-12-30(2)13-18-34)58-57(43)65(6)59-47-26-48(60(59)66(58,65)7)52-51(47)61(73-8)45-21-37-38(22-46(45)62(52)74-9)42-24-41(37)55-56(42)64(5)54-40-23-39(53(54)63(55,64)4)35-19-14-32(20-36(35)40)67-31(3)68/h10-22,39-44,47-50,53-60H,23-28H2,1-9H3,(H,67,68)/t39-,40+,41+,42-,43+,44-,47-,48+,49-,50+,53?,54?,55?,56?,57?,58?,59?,60?,63-,64+,65+,66-/m0/s1. The van der Waals surface area contributed by atoms with Gasteiger partial charge in [0.2, 0.25) is 5.91 Å². The number of amides is 1. The number of carbonyl (C=O) groups excluding carboxylic acids is 1. The molecule has 1 N–H and O–H groups in total. The highest BCUT2D eigenvalue weighted by molar-refractivity contribution is 7.87. The smallest absolute Gasteiger partial charge is 0.296 e. The van der Waals surface area contributed by atoms with Crippen LogP contribution in [-0.4, -0.2) is 50.2 Å². The van der Waals surface area contributed by atoms with Gasteiger partial charge in [-0.25, -0.2) is 0 Å². The molecule has 17 rings (SSSR count). The summed E-state index contributed by atoms with van der Waals surface area (Å²) in [6.07, 6.45) is 4.47. The maximum atomic E-state index is 13.8. The van der Waals surface area contributed by atoms with E-state index in [4.69, 9.17) is 17.8 Å². The summed E-state index contributed by atoms with van der Waals surface area (Å²) in [4.78, 5) is 12.4. The molecule has 22 atom stereocenters. The Morgan fingerprint density at radius 3 is 1.28 bits per heavy atom. The maximum absolute atomic E-state index is 13.8. The number of rotatable bonds is 11. The van der Waals surface area contributed by atoms with Gasteiger partial charge in [-0.05, 0) is 238 Å².